The van der Waals surface area contributed by atoms with Crippen molar-refractivity contribution in [2.45, 2.75) is 18.0 Å². The second-order valence-corrected chi connectivity index (χ2v) is 9.31. The van der Waals surface area contributed by atoms with Gasteiger partial charge in [-0.25, -0.2) is 0 Å². The molecule has 0 spiro atoms. The molecule has 0 saturated heterocycles. The number of hydrazone groups is 1. The number of amidine groups is 2. The van der Waals surface area contributed by atoms with Crippen LogP contribution in [0, 0.1) is 12.3 Å². The number of amides is 1. The van der Waals surface area contributed by atoms with E-state index in [0.29, 0.717) is 5.01 Å². The van der Waals surface area contributed by atoms with Crippen LogP contribution in [0.25, 0.3) is 6.08 Å². The molecular formula is C20H13F3N4O4S2. The molecule has 0 unspecified atom stereocenters. The number of hydrogen-bond acceptors (Lipinski definition) is 7. The van der Waals surface area contributed by atoms with E-state index in [4.69, 9.17) is 9.59 Å². The lowest BCUT2D eigenvalue weighted by Gasteiger charge is -2.20. The number of para-hydroxylation sites is 1. The Morgan fingerprint density at radius 1 is 1.12 bits per heavy atom. The lowest BCUT2D eigenvalue weighted by Crippen LogP contribution is -2.35. The zero-order valence-electron chi connectivity index (χ0n) is 16.6. The number of thioether (sulfide) groups is 1. The van der Waals surface area contributed by atoms with Gasteiger partial charge >= 0.3 is 16.3 Å². The maximum atomic E-state index is 13.0. The fourth-order valence-corrected chi connectivity index (χ4v) is 4.52. The summed E-state index contributed by atoms with van der Waals surface area (Å²) in [6.07, 6.45) is -3.64. The third-order valence-corrected chi connectivity index (χ3v) is 6.63. The molecule has 8 nitrogen and oxygen atoms in total. The summed E-state index contributed by atoms with van der Waals surface area (Å²) in [5, 5.41) is 10.5. The average Bonchev–Trinajstić information content (AvgIpc) is 3.17. The van der Waals surface area contributed by atoms with Crippen LogP contribution >= 0.6 is 11.8 Å². The van der Waals surface area contributed by atoms with Crippen LogP contribution in [0.1, 0.15) is 11.1 Å². The molecule has 2 aliphatic heterocycles. The van der Waals surface area contributed by atoms with E-state index in [1.165, 1.54) is 36.4 Å². The molecule has 0 atom stereocenters. The molecule has 0 aromatic heterocycles. The zero-order valence-corrected chi connectivity index (χ0v) is 18.3. The second kappa shape index (κ2) is 8.15. The highest BCUT2D eigenvalue weighted by Gasteiger charge is 2.46. The molecule has 2 aliphatic rings. The van der Waals surface area contributed by atoms with E-state index >= 15 is 0 Å². The van der Waals surface area contributed by atoms with Crippen molar-refractivity contribution in [3.05, 3.63) is 65.2 Å². The number of nitrogens with one attached hydrogen (secondary N) is 1. The third kappa shape index (κ3) is 4.54. The summed E-state index contributed by atoms with van der Waals surface area (Å²) in [6.45, 7) is 1.79. The molecule has 33 heavy (non-hydrogen) atoms. The summed E-state index contributed by atoms with van der Waals surface area (Å²) < 4.78 is 69.4. The quantitative estimate of drug-likeness (QED) is 0.509. The van der Waals surface area contributed by atoms with Gasteiger partial charge in [0.15, 0.2) is 5.84 Å². The van der Waals surface area contributed by atoms with Crippen molar-refractivity contribution in [3.63, 3.8) is 0 Å². The number of hydrogen-bond donors (Lipinski definition) is 1. The molecule has 0 fully saturated rings. The van der Waals surface area contributed by atoms with Gasteiger partial charge in [0, 0.05) is 5.56 Å². The SMILES string of the molecule is Cc1ccc(S(=O)(=O)Oc2ccccc2/C=C2/C(=N)N3N=C(C(F)(F)F)SC3=NC2=O)cc1. The highest BCUT2D eigenvalue weighted by molar-refractivity contribution is 8.27. The maximum absolute atomic E-state index is 13.0. The summed E-state index contributed by atoms with van der Waals surface area (Å²) in [7, 11) is -4.21. The van der Waals surface area contributed by atoms with Gasteiger partial charge in [-0.3, -0.25) is 10.2 Å². The molecule has 1 amide bonds. The number of aryl methyl sites for hydroxylation is 1. The minimum Gasteiger partial charge on any atom is -0.378 e. The van der Waals surface area contributed by atoms with Crippen LogP contribution in [0.2, 0.25) is 0 Å². The Morgan fingerprint density at radius 3 is 2.45 bits per heavy atom. The number of benzene rings is 2. The van der Waals surface area contributed by atoms with Crippen LogP contribution in [-0.4, -0.2) is 41.6 Å². The first-order chi connectivity index (χ1) is 15.5. The van der Waals surface area contributed by atoms with Crippen LogP contribution in [0.15, 0.2) is 69.1 Å². The second-order valence-electron chi connectivity index (χ2n) is 6.81. The van der Waals surface area contributed by atoms with Crippen molar-refractivity contribution in [1.82, 2.24) is 5.01 Å². The van der Waals surface area contributed by atoms with Crippen LogP contribution < -0.4 is 4.18 Å². The third-order valence-electron chi connectivity index (χ3n) is 4.42. The Hall–Kier alpha value is -3.45. The predicted octanol–water partition coefficient (Wildman–Crippen LogP) is 3.94. The van der Waals surface area contributed by atoms with Crippen molar-refractivity contribution < 1.29 is 30.6 Å². The molecular weight excluding hydrogens is 481 g/mol. The average molecular weight is 494 g/mol. The maximum Gasteiger partial charge on any atom is 0.441 e. The monoisotopic (exact) mass is 494 g/mol. The zero-order chi connectivity index (χ0) is 24.0. The van der Waals surface area contributed by atoms with Gasteiger partial charge in [-0.15, -0.1) is 0 Å². The van der Waals surface area contributed by atoms with E-state index in [9.17, 15) is 26.4 Å². The fraction of sp³-hybridized carbons (Fsp3) is 0.100. The number of rotatable bonds is 4. The first-order valence-corrected chi connectivity index (χ1v) is 11.4. The molecule has 170 valence electrons. The lowest BCUT2D eigenvalue weighted by molar-refractivity contribution is -0.114. The minimum atomic E-state index is -4.76. The topological polar surface area (TPSA) is 112 Å². The number of nitrogens with zero attached hydrogens (tertiary/aromatic N) is 3. The highest BCUT2D eigenvalue weighted by atomic mass is 32.2. The number of alkyl halides is 3. The van der Waals surface area contributed by atoms with Crippen molar-refractivity contribution in [1.29, 1.82) is 5.41 Å². The molecule has 0 radical (unpaired) electrons. The van der Waals surface area contributed by atoms with Crippen LogP contribution in [0.5, 0.6) is 5.75 Å². The van der Waals surface area contributed by atoms with E-state index in [0.717, 1.165) is 11.6 Å². The van der Waals surface area contributed by atoms with Crippen molar-refractivity contribution in [2.75, 3.05) is 0 Å². The molecule has 0 aliphatic carbocycles. The number of fused-ring (bicyclic) bond motifs is 1. The summed E-state index contributed by atoms with van der Waals surface area (Å²) in [5.41, 5.74) is 0.576. The summed E-state index contributed by atoms with van der Waals surface area (Å²) in [6, 6.07) is 11.8. The van der Waals surface area contributed by atoms with Crippen LogP contribution in [0.4, 0.5) is 13.2 Å². The molecule has 1 N–H and O–H groups in total. The molecule has 4 rings (SSSR count). The molecule has 2 aromatic rings. The van der Waals surface area contributed by atoms with Gasteiger partial charge in [0.05, 0.1) is 5.57 Å². The van der Waals surface area contributed by atoms with Gasteiger partial charge in [0.1, 0.15) is 10.6 Å². The van der Waals surface area contributed by atoms with Crippen LogP contribution in [0.3, 0.4) is 0 Å². The lowest BCUT2D eigenvalue weighted by atomic mass is 10.1. The predicted molar refractivity (Wildman–Crippen MR) is 117 cm³/mol. The Morgan fingerprint density at radius 2 is 1.79 bits per heavy atom. The first kappa shape index (κ1) is 22.7. The van der Waals surface area contributed by atoms with E-state index < -0.39 is 33.1 Å². The Labute approximate surface area is 190 Å². The van der Waals surface area contributed by atoms with E-state index in [1.54, 1.807) is 19.1 Å². The van der Waals surface area contributed by atoms with Crippen molar-refractivity contribution >= 4 is 49.9 Å². The molecule has 0 bridgehead atoms. The number of aliphatic imine (C=N–C) groups is 1. The van der Waals surface area contributed by atoms with E-state index in [-0.39, 0.29) is 38.7 Å². The van der Waals surface area contributed by atoms with Gasteiger partial charge in [0.25, 0.3) is 5.91 Å². The summed E-state index contributed by atoms with van der Waals surface area (Å²) in [5.74, 6) is -1.74. The highest BCUT2D eigenvalue weighted by Crippen LogP contribution is 2.36. The van der Waals surface area contributed by atoms with E-state index in [1.807, 2.05) is 0 Å². The number of carbonyl (C=O) groups is 1. The molecule has 2 heterocycles. The normalized spacial score (nSPS) is 17.7. The minimum absolute atomic E-state index is 0.0885. The van der Waals surface area contributed by atoms with E-state index in [2.05, 4.69) is 10.1 Å². The van der Waals surface area contributed by atoms with Crippen LogP contribution in [-0.2, 0) is 14.9 Å². The molecule has 13 heteroatoms. The molecule has 0 saturated carbocycles. The Bertz CT molecular complexity index is 1360. The standard InChI is InChI=1S/C20H13F3N4O4S2/c1-11-6-8-13(9-7-11)33(29,30)31-15-5-3-2-4-12(15)10-14-16(24)27-19(25-17(14)28)32-18(26-27)20(21,22)23/h2-10,24H,1H3/b14-10-,24-16?. The smallest absolute Gasteiger partial charge is 0.378 e. The number of carbonyl (C=O) groups excluding carboxylic acids is 1. The van der Waals surface area contributed by atoms with Crippen molar-refractivity contribution in [3.8, 4) is 5.75 Å². The summed E-state index contributed by atoms with van der Waals surface area (Å²) >= 11 is 0.135. The fourth-order valence-electron chi connectivity index (χ4n) is 2.81. The van der Waals surface area contributed by atoms with Gasteiger partial charge in [-0.1, -0.05) is 35.9 Å². The number of halogens is 3. The van der Waals surface area contributed by atoms with Gasteiger partial charge < -0.3 is 4.18 Å². The van der Waals surface area contributed by atoms with Gasteiger partial charge in [0.2, 0.25) is 10.2 Å². The first-order valence-electron chi connectivity index (χ1n) is 9.13. The summed E-state index contributed by atoms with van der Waals surface area (Å²) in [4.78, 5) is 15.9. The van der Waals surface area contributed by atoms with Gasteiger partial charge in [-0.2, -0.15) is 36.7 Å². The van der Waals surface area contributed by atoms with Crippen molar-refractivity contribution in [2.24, 2.45) is 10.1 Å². The Balaban J connectivity index is 1.68. The van der Waals surface area contributed by atoms with Gasteiger partial charge in [-0.05, 0) is 43.0 Å². The molecule has 2 aromatic carbocycles. The Kier molecular flexibility index (Phi) is 5.62. The largest absolute Gasteiger partial charge is 0.441 e.